The van der Waals surface area contributed by atoms with Crippen LogP contribution in [0.25, 0.3) is 0 Å². The summed E-state index contributed by atoms with van der Waals surface area (Å²) >= 11 is 0. The van der Waals surface area contributed by atoms with Gasteiger partial charge >= 0.3 is 0 Å². The van der Waals surface area contributed by atoms with Gasteiger partial charge in [0.25, 0.3) is 11.8 Å². The standard InChI is InChI=1S/C22H27N3O5/c1-4-25(13-22(27)24-17-6-5-7-18(11-17)28-3)12-21(26)23-15(2)16-8-9-19-20(10-16)30-14-29-19/h5-11,15H,4,12-14H2,1-3H3,(H,23,26)(H,24,27)/p+1/t15-/m0/s1. The van der Waals surface area contributed by atoms with Crippen LogP contribution in [0.4, 0.5) is 5.69 Å². The Labute approximate surface area is 176 Å². The van der Waals surface area contributed by atoms with E-state index >= 15 is 0 Å². The minimum Gasteiger partial charge on any atom is -0.497 e. The lowest BCUT2D eigenvalue weighted by molar-refractivity contribution is -0.881. The van der Waals surface area contributed by atoms with Crippen molar-refractivity contribution in [3.63, 3.8) is 0 Å². The lowest BCUT2D eigenvalue weighted by atomic mass is 10.1. The Morgan fingerprint density at radius 2 is 1.87 bits per heavy atom. The van der Waals surface area contributed by atoms with Crippen molar-refractivity contribution in [1.29, 1.82) is 0 Å². The Hall–Kier alpha value is -3.26. The van der Waals surface area contributed by atoms with Crippen LogP contribution in [0.15, 0.2) is 42.5 Å². The third-order valence-electron chi connectivity index (χ3n) is 4.95. The van der Waals surface area contributed by atoms with Gasteiger partial charge in [-0.3, -0.25) is 9.59 Å². The fraction of sp³-hybridized carbons (Fsp3) is 0.364. The first kappa shape index (κ1) is 21.4. The second kappa shape index (κ2) is 9.98. The zero-order valence-corrected chi connectivity index (χ0v) is 17.5. The van der Waals surface area contributed by atoms with Gasteiger partial charge in [0, 0.05) is 11.8 Å². The van der Waals surface area contributed by atoms with Crippen LogP contribution in [0.3, 0.4) is 0 Å². The fourth-order valence-corrected chi connectivity index (χ4v) is 3.23. The van der Waals surface area contributed by atoms with Crippen molar-refractivity contribution >= 4 is 17.5 Å². The van der Waals surface area contributed by atoms with Crippen LogP contribution in [0, 0.1) is 0 Å². The van der Waals surface area contributed by atoms with Crippen molar-refractivity contribution in [2.45, 2.75) is 19.9 Å². The molecule has 2 aromatic rings. The van der Waals surface area contributed by atoms with Gasteiger partial charge in [0.15, 0.2) is 24.6 Å². The maximum Gasteiger partial charge on any atom is 0.279 e. The van der Waals surface area contributed by atoms with Gasteiger partial charge < -0.3 is 29.7 Å². The summed E-state index contributed by atoms with van der Waals surface area (Å²) in [4.78, 5) is 25.8. The highest BCUT2D eigenvalue weighted by Gasteiger charge is 2.20. The van der Waals surface area contributed by atoms with E-state index < -0.39 is 0 Å². The summed E-state index contributed by atoms with van der Waals surface area (Å²) in [6.07, 6.45) is 0. The number of methoxy groups -OCH3 is 1. The Balaban J connectivity index is 1.50. The molecule has 30 heavy (non-hydrogen) atoms. The van der Waals surface area contributed by atoms with Crippen LogP contribution in [-0.4, -0.2) is 45.4 Å². The number of carbonyl (C=O) groups is 2. The monoisotopic (exact) mass is 414 g/mol. The molecule has 8 heteroatoms. The van der Waals surface area contributed by atoms with Crippen molar-refractivity contribution in [2.24, 2.45) is 0 Å². The highest BCUT2D eigenvalue weighted by molar-refractivity contribution is 5.91. The van der Waals surface area contributed by atoms with Gasteiger partial charge in [-0.05, 0) is 43.7 Å². The molecule has 0 saturated carbocycles. The molecule has 0 fully saturated rings. The first-order valence-electron chi connectivity index (χ1n) is 9.95. The molecule has 3 rings (SSSR count). The summed E-state index contributed by atoms with van der Waals surface area (Å²) in [5.41, 5.74) is 1.59. The van der Waals surface area contributed by atoms with Crippen LogP contribution in [-0.2, 0) is 9.59 Å². The molecule has 0 aromatic heterocycles. The smallest absolute Gasteiger partial charge is 0.279 e. The molecule has 1 aliphatic heterocycles. The van der Waals surface area contributed by atoms with E-state index in [1.165, 1.54) is 0 Å². The largest absolute Gasteiger partial charge is 0.497 e. The molecular weight excluding hydrogens is 386 g/mol. The number of likely N-dealkylation sites (N-methyl/N-ethyl adjacent to an activating group) is 1. The Morgan fingerprint density at radius 1 is 1.10 bits per heavy atom. The summed E-state index contributed by atoms with van der Waals surface area (Å²) in [5, 5.41) is 5.83. The molecule has 0 spiro atoms. The van der Waals surface area contributed by atoms with E-state index in [1.54, 1.807) is 19.2 Å². The number of nitrogens with one attached hydrogen (secondary N) is 3. The molecule has 8 nitrogen and oxygen atoms in total. The minimum atomic E-state index is -0.185. The van der Waals surface area contributed by atoms with E-state index in [4.69, 9.17) is 14.2 Å². The van der Waals surface area contributed by atoms with Crippen LogP contribution in [0.2, 0.25) is 0 Å². The van der Waals surface area contributed by atoms with E-state index in [1.807, 2.05) is 44.2 Å². The molecule has 1 unspecified atom stereocenters. The first-order valence-corrected chi connectivity index (χ1v) is 9.95. The zero-order chi connectivity index (χ0) is 21.5. The molecule has 0 aliphatic carbocycles. The zero-order valence-electron chi connectivity index (χ0n) is 17.5. The van der Waals surface area contributed by atoms with Gasteiger partial charge in [0.05, 0.1) is 19.7 Å². The molecule has 0 bridgehead atoms. The van der Waals surface area contributed by atoms with E-state index in [-0.39, 0.29) is 37.7 Å². The van der Waals surface area contributed by atoms with Crippen LogP contribution in [0.5, 0.6) is 17.2 Å². The third kappa shape index (κ3) is 5.64. The van der Waals surface area contributed by atoms with Gasteiger partial charge in [-0.25, -0.2) is 0 Å². The number of quaternary nitrogens is 1. The normalized spacial score (nSPS) is 14.0. The molecular formula is C22H28N3O5+. The Morgan fingerprint density at radius 3 is 2.63 bits per heavy atom. The lowest BCUT2D eigenvalue weighted by Crippen LogP contribution is -3.14. The molecule has 2 amide bonds. The number of hydrogen-bond acceptors (Lipinski definition) is 5. The molecule has 3 N–H and O–H groups in total. The predicted octanol–water partition coefficient (Wildman–Crippen LogP) is 1.14. The minimum absolute atomic E-state index is 0.119. The van der Waals surface area contributed by atoms with Crippen molar-refractivity contribution in [1.82, 2.24) is 5.32 Å². The molecule has 160 valence electrons. The highest BCUT2D eigenvalue weighted by Crippen LogP contribution is 2.34. The average Bonchev–Trinajstić information content (AvgIpc) is 3.21. The van der Waals surface area contributed by atoms with E-state index in [0.717, 1.165) is 10.5 Å². The summed E-state index contributed by atoms with van der Waals surface area (Å²) in [5.74, 6) is 1.79. The summed E-state index contributed by atoms with van der Waals surface area (Å²) in [6, 6.07) is 12.6. The molecule has 2 aromatic carbocycles. The Bertz CT molecular complexity index is 902. The SMILES string of the molecule is CC[NH+](CC(=O)Nc1cccc(OC)c1)CC(=O)N[C@@H](C)c1ccc2c(c1)OCO2. The van der Waals surface area contributed by atoms with Crippen molar-refractivity contribution in [3.8, 4) is 17.2 Å². The van der Waals surface area contributed by atoms with E-state index in [0.29, 0.717) is 29.5 Å². The van der Waals surface area contributed by atoms with Crippen LogP contribution in [0.1, 0.15) is 25.5 Å². The topological polar surface area (TPSA) is 90.3 Å². The van der Waals surface area contributed by atoms with Gasteiger partial charge in [0.2, 0.25) is 6.79 Å². The predicted molar refractivity (Wildman–Crippen MR) is 112 cm³/mol. The first-order chi connectivity index (χ1) is 14.5. The third-order valence-corrected chi connectivity index (χ3v) is 4.95. The van der Waals surface area contributed by atoms with E-state index in [2.05, 4.69) is 10.6 Å². The van der Waals surface area contributed by atoms with Gasteiger partial charge in [-0.2, -0.15) is 0 Å². The number of amides is 2. The number of benzene rings is 2. The van der Waals surface area contributed by atoms with E-state index in [9.17, 15) is 9.59 Å². The van der Waals surface area contributed by atoms with Crippen LogP contribution >= 0.6 is 0 Å². The number of rotatable bonds is 9. The second-order valence-electron chi connectivity index (χ2n) is 7.14. The number of fused-ring (bicyclic) bond motifs is 1. The van der Waals surface area contributed by atoms with Gasteiger partial charge in [-0.15, -0.1) is 0 Å². The molecule has 1 heterocycles. The average molecular weight is 414 g/mol. The van der Waals surface area contributed by atoms with Crippen molar-refractivity contribution in [3.05, 3.63) is 48.0 Å². The van der Waals surface area contributed by atoms with Gasteiger partial charge in [0.1, 0.15) is 5.75 Å². The second-order valence-corrected chi connectivity index (χ2v) is 7.14. The summed E-state index contributed by atoms with van der Waals surface area (Å²) in [6.45, 7) is 5.12. The Kier molecular flexibility index (Phi) is 7.13. The van der Waals surface area contributed by atoms with Gasteiger partial charge in [-0.1, -0.05) is 12.1 Å². The van der Waals surface area contributed by atoms with Crippen LogP contribution < -0.4 is 29.7 Å². The summed E-state index contributed by atoms with van der Waals surface area (Å²) < 4.78 is 15.9. The number of anilines is 1. The number of carbonyl (C=O) groups excluding carboxylic acids is 2. The molecule has 0 radical (unpaired) electrons. The lowest BCUT2D eigenvalue weighted by Gasteiger charge is -2.19. The quantitative estimate of drug-likeness (QED) is 0.573. The number of hydrogen-bond donors (Lipinski definition) is 3. The number of ether oxygens (including phenoxy) is 3. The maximum absolute atomic E-state index is 12.5. The molecule has 2 atom stereocenters. The summed E-state index contributed by atoms with van der Waals surface area (Å²) in [7, 11) is 1.58. The van der Waals surface area contributed by atoms with Crippen molar-refractivity contribution in [2.75, 3.05) is 38.9 Å². The molecule has 1 aliphatic rings. The fourth-order valence-electron chi connectivity index (χ4n) is 3.23. The highest BCUT2D eigenvalue weighted by atomic mass is 16.7. The van der Waals surface area contributed by atoms with Crippen molar-refractivity contribution < 1.29 is 28.7 Å². The maximum atomic E-state index is 12.5. The molecule has 0 saturated heterocycles.